The van der Waals surface area contributed by atoms with Crippen LogP contribution in [0.4, 0.5) is 4.79 Å². The molecular weight excluding hydrogens is 154 g/mol. The lowest BCUT2D eigenvalue weighted by Crippen LogP contribution is -2.26. The molecule has 1 atom stereocenters. The quantitative estimate of drug-likeness (QED) is 0.562. The summed E-state index contributed by atoms with van der Waals surface area (Å²) in [5.41, 5.74) is 7.94. The molecule has 2 amide bonds. The third kappa shape index (κ3) is 2.74. The van der Waals surface area contributed by atoms with Gasteiger partial charge in [0.05, 0.1) is 5.71 Å². The fourth-order valence-electron chi connectivity index (χ4n) is 1.05. The van der Waals surface area contributed by atoms with Crippen molar-refractivity contribution in [1.82, 2.24) is 5.43 Å². The van der Waals surface area contributed by atoms with Gasteiger partial charge in [0.2, 0.25) is 0 Å². The van der Waals surface area contributed by atoms with E-state index in [-0.39, 0.29) is 0 Å². The zero-order valence-electron chi connectivity index (χ0n) is 7.08. The maximum absolute atomic E-state index is 10.3. The van der Waals surface area contributed by atoms with Crippen LogP contribution in [0.5, 0.6) is 0 Å². The number of hydrazone groups is 1. The van der Waals surface area contributed by atoms with Crippen molar-refractivity contribution < 1.29 is 4.79 Å². The summed E-state index contributed by atoms with van der Waals surface area (Å²) >= 11 is 0. The topological polar surface area (TPSA) is 67.5 Å². The maximum atomic E-state index is 10.3. The van der Waals surface area contributed by atoms with Crippen LogP contribution in [0.2, 0.25) is 0 Å². The van der Waals surface area contributed by atoms with E-state index in [4.69, 9.17) is 5.73 Å². The second kappa shape index (κ2) is 3.90. The first-order chi connectivity index (χ1) is 5.68. The van der Waals surface area contributed by atoms with Crippen LogP contribution in [0.1, 0.15) is 19.8 Å². The minimum atomic E-state index is -0.616. The molecule has 0 fully saturated rings. The number of urea groups is 1. The lowest BCUT2D eigenvalue weighted by Gasteiger charge is -2.11. The van der Waals surface area contributed by atoms with Gasteiger partial charge < -0.3 is 5.73 Å². The number of hydrogen-bond donors (Lipinski definition) is 2. The number of hydrogen-bond acceptors (Lipinski definition) is 2. The number of primary amides is 1. The highest BCUT2D eigenvalue weighted by atomic mass is 16.2. The van der Waals surface area contributed by atoms with Crippen molar-refractivity contribution in [3.63, 3.8) is 0 Å². The Balaban J connectivity index is 2.48. The molecule has 0 aromatic carbocycles. The van der Waals surface area contributed by atoms with Crippen molar-refractivity contribution in [2.45, 2.75) is 19.8 Å². The fraction of sp³-hybridized carbons (Fsp3) is 0.500. The van der Waals surface area contributed by atoms with Crippen LogP contribution in [0, 0.1) is 5.92 Å². The summed E-state index contributed by atoms with van der Waals surface area (Å²) < 4.78 is 0. The molecule has 0 aromatic heterocycles. The Morgan fingerprint density at radius 1 is 1.83 bits per heavy atom. The molecule has 0 heterocycles. The van der Waals surface area contributed by atoms with E-state index in [9.17, 15) is 4.79 Å². The van der Waals surface area contributed by atoms with Crippen LogP contribution in [-0.4, -0.2) is 11.7 Å². The largest absolute Gasteiger partial charge is 0.350 e. The van der Waals surface area contributed by atoms with E-state index in [0.29, 0.717) is 5.92 Å². The van der Waals surface area contributed by atoms with Gasteiger partial charge in [-0.05, 0) is 24.8 Å². The molecule has 1 aliphatic rings. The summed E-state index contributed by atoms with van der Waals surface area (Å²) in [6, 6.07) is -0.616. The monoisotopic (exact) mass is 167 g/mol. The molecule has 0 saturated carbocycles. The van der Waals surface area contributed by atoms with E-state index in [1.165, 1.54) is 0 Å². The number of carbonyl (C=O) groups is 1. The molecule has 0 aliphatic heterocycles. The van der Waals surface area contributed by atoms with Crippen LogP contribution in [0.15, 0.2) is 17.3 Å². The van der Waals surface area contributed by atoms with Crippen molar-refractivity contribution in [3.05, 3.63) is 12.2 Å². The van der Waals surface area contributed by atoms with Crippen molar-refractivity contribution in [1.29, 1.82) is 0 Å². The summed E-state index contributed by atoms with van der Waals surface area (Å²) in [6.07, 6.45) is 5.98. The standard InChI is InChI=1S/C8H13N3O/c1-6-2-4-7(5-3-6)10-11-8(9)12/h2,4,6H,3,5H2,1H3,(H3,9,11,12)/b10-7+. The number of nitrogens with one attached hydrogen (secondary N) is 1. The summed E-state index contributed by atoms with van der Waals surface area (Å²) in [6.45, 7) is 2.15. The molecule has 66 valence electrons. The second-order valence-electron chi connectivity index (χ2n) is 2.95. The van der Waals surface area contributed by atoms with Gasteiger partial charge in [0, 0.05) is 0 Å². The highest BCUT2D eigenvalue weighted by molar-refractivity contribution is 5.96. The van der Waals surface area contributed by atoms with Gasteiger partial charge in [-0.3, -0.25) is 0 Å². The SMILES string of the molecule is CC1C=C/C(=N\NC(N)=O)CC1. The third-order valence-corrected chi connectivity index (χ3v) is 1.78. The molecule has 3 N–H and O–H groups in total. The molecule has 0 bridgehead atoms. The Morgan fingerprint density at radius 3 is 3.08 bits per heavy atom. The van der Waals surface area contributed by atoms with E-state index in [1.807, 2.05) is 6.08 Å². The van der Waals surface area contributed by atoms with Crippen LogP contribution in [-0.2, 0) is 0 Å². The van der Waals surface area contributed by atoms with Gasteiger partial charge in [0.1, 0.15) is 0 Å². The number of nitrogens with two attached hydrogens (primary N) is 1. The highest BCUT2D eigenvalue weighted by Gasteiger charge is 2.06. The van der Waals surface area contributed by atoms with Crippen molar-refractivity contribution in [3.8, 4) is 0 Å². The predicted octanol–water partition coefficient (Wildman–Crippen LogP) is 0.997. The molecule has 4 nitrogen and oxygen atoms in total. The van der Waals surface area contributed by atoms with E-state index in [1.54, 1.807) is 0 Å². The van der Waals surface area contributed by atoms with Gasteiger partial charge in [-0.15, -0.1) is 0 Å². The molecular formula is C8H13N3O. The first-order valence-corrected chi connectivity index (χ1v) is 3.98. The number of allylic oxidation sites excluding steroid dienone is 2. The number of carbonyl (C=O) groups excluding carboxylic acids is 1. The molecule has 1 rings (SSSR count). The van der Waals surface area contributed by atoms with Crippen molar-refractivity contribution >= 4 is 11.7 Å². The molecule has 1 aliphatic carbocycles. The first kappa shape index (κ1) is 8.77. The average molecular weight is 167 g/mol. The van der Waals surface area contributed by atoms with E-state index in [0.717, 1.165) is 18.6 Å². The second-order valence-corrected chi connectivity index (χ2v) is 2.95. The Hall–Kier alpha value is -1.32. The van der Waals surface area contributed by atoms with Gasteiger partial charge >= 0.3 is 6.03 Å². The summed E-state index contributed by atoms with van der Waals surface area (Å²) in [4.78, 5) is 10.3. The molecule has 1 unspecified atom stereocenters. The Kier molecular flexibility index (Phi) is 2.85. The zero-order valence-corrected chi connectivity index (χ0v) is 7.08. The minimum Gasteiger partial charge on any atom is -0.350 e. The van der Waals surface area contributed by atoms with Crippen molar-refractivity contribution in [2.75, 3.05) is 0 Å². The van der Waals surface area contributed by atoms with Gasteiger partial charge in [0.25, 0.3) is 0 Å². The molecule has 12 heavy (non-hydrogen) atoms. The van der Waals surface area contributed by atoms with Gasteiger partial charge in [-0.25, -0.2) is 10.2 Å². The van der Waals surface area contributed by atoms with E-state index < -0.39 is 6.03 Å². The van der Waals surface area contributed by atoms with Crippen LogP contribution >= 0.6 is 0 Å². The average Bonchev–Trinajstić information content (AvgIpc) is 2.03. The molecule has 0 aromatic rings. The lowest BCUT2D eigenvalue weighted by molar-refractivity contribution is 0.249. The first-order valence-electron chi connectivity index (χ1n) is 3.98. The van der Waals surface area contributed by atoms with Crippen LogP contribution in [0.25, 0.3) is 0 Å². The zero-order chi connectivity index (χ0) is 8.97. The highest BCUT2D eigenvalue weighted by Crippen LogP contribution is 2.13. The van der Waals surface area contributed by atoms with Gasteiger partial charge in [-0.1, -0.05) is 13.0 Å². The molecule has 0 spiro atoms. The van der Waals surface area contributed by atoms with E-state index >= 15 is 0 Å². The predicted molar refractivity (Wildman–Crippen MR) is 47.7 cm³/mol. The maximum Gasteiger partial charge on any atom is 0.332 e. The Bertz CT molecular complexity index is 232. The number of amides is 2. The summed E-state index contributed by atoms with van der Waals surface area (Å²) in [5, 5.41) is 3.82. The van der Waals surface area contributed by atoms with Gasteiger partial charge in [0.15, 0.2) is 0 Å². The minimum absolute atomic E-state index is 0.609. The fourth-order valence-corrected chi connectivity index (χ4v) is 1.05. The third-order valence-electron chi connectivity index (χ3n) is 1.78. The van der Waals surface area contributed by atoms with Crippen LogP contribution < -0.4 is 11.2 Å². The molecule has 0 radical (unpaired) electrons. The number of rotatable bonds is 1. The van der Waals surface area contributed by atoms with Crippen LogP contribution in [0.3, 0.4) is 0 Å². The molecule has 4 heteroatoms. The lowest BCUT2D eigenvalue weighted by atomic mass is 9.97. The van der Waals surface area contributed by atoms with Gasteiger partial charge in [-0.2, -0.15) is 5.10 Å². The molecule has 0 saturated heterocycles. The smallest absolute Gasteiger partial charge is 0.332 e. The summed E-state index contributed by atoms with van der Waals surface area (Å²) in [5.74, 6) is 0.609. The van der Waals surface area contributed by atoms with E-state index in [2.05, 4.69) is 23.5 Å². The normalized spacial score (nSPS) is 25.8. The Labute approximate surface area is 71.5 Å². The summed E-state index contributed by atoms with van der Waals surface area (Å²) in [7, 11) is 0. The Morgan fingerprint density at radius 2 is 2.58 bits per heavy atom. The number of nitrogens with zero attached hydrogens (tertiary/aromatic N) is 1. The van der Waals surface area contributed by atoms with Crippen molar-refractivity contribution in [2.24, 2.45) is 16.8 Å².